The number of alkyl halides is 1. The van der Waals surface area contributed by atoms with E-state index in [2.05, 4.69) is 39.9 Å². The molecule has 0 aliphatic heterocycles. The van der Waals surface area contributed by atoms with Gasteiger partial charge < -0.3 is 4.90 Å². The number of amides is 1. The number of nitrogens with zero attached hydrogens (tertiary/aromatic N) is 1. The highest BCUT2D eigenvalue weighted by molar-refractivity contribution is 9.09. The lowest BCUT2D eigenvalue weighted by atomic mass is 9.95. The molecule has 1 unspecified atom stereocenters. The molecule has 3 heteroatoms. The summed E-state index contributed by atoms with van der Waals surface area (Å²) in [5.74, 6) is 0.316. The number of carbonyl (C=O) groups is 1. The molecule has 1 saturated carbocycles. The SMILES string of the molecule is CCC(C(=O)N(CCBr)C1CC1)c1ccccc1. The lowest BCUT2D eigenvalue weighted by molar-refractivity contribution is -0.133. The number of rotatable bonds is 6. The van der Waals surface area contributed by atoms with Gasteiger partial charge in [0.1, 0.15) is 0 Å². The molecule has 1 amide bonds. The van der Waals surface area contributed by atoms with E-state index >= 15 is 0 Å². The smallest absolute Gasteiger partial charge is 0.230 e. The van der Waals surface area contributed by atoms with Crippen LogP contribution in [0.3, 0.4) is 0 Å². The molecule has 2 nitrogen and oxygen atoms in total. The molecular formula is C15H20BrNO. The van der Waals surface area contributed by atoms with Crippen LogP contribution in [-0.2, 0) is 4.79 Å². The Kier molecular flexibility index (Phi) is 4.81. The Hall–Kier alpha value is -0.830. The van der Waals surface area contributed by atoms with Crippen molar-refractivity contribution >= 4 is 21.8 Å². The second-order valence-corrected chi connectivity index (χ2v) is 5.62. The van der Waals surface area contributed by atoms with Gasteiger partial charge >= 0.3 is 0 Å². The number of hydrogen-bond donors (Lipinski definition) is 0. The van der Waals surface area contributed by atoms with Crippen molar-refractivity contribution in [2.24, 2.45) is 0 Å². The molecule has 0 N–H and O–H groups in total. The summed E-state index contributed by atoms with van der Waals surface area (Å²) in [6.45, 7) is 2.92. The fraction of sp³-hybridized carbons (Fsp3) is 0.533. The van der Waals surface area contributed by atoms with E-state index in [1.54, 1.807) is 0 Å². The van der Waals surface area contributed by atoms with Crippen molar-refractivity contribution in [3.8, 4) is 0 Å². The molecule has 1 fully saturated rings. The lowest BCUT2D eigenvalue weighted by Gasteiger charge is -2.26. The molecule has 1 aliphatic rings. The van der Waals surface area contributed by atoms with Gasteiger partial charge in [-0.25, -0.2) is 0 Å². The van der Waals surface area contributed by atoms with Crippen LogP contribution < -0.4 is 0 Å². The topological polar surface area (TPSA) is 20.3 Å². The summed E-state index contributed by atoms with van der Waals surface area (Å²) in [7, 11) is 0. The van der Waals surface area contributed by atoms with Crippen molar-refractivity contribution in [3.05, 3.63) is 35.9 Å². The van der Waals surface area contributed by atoms with E-state index in [-0.39, 0.29) is 5.92 Å². The molecule has 0 radical (unpaired) electrons. The minimum Gasteiger partial charge on any atom is -0.338 e. The van der Waals surface area contributed by atoms with E-state index < -0.39 is 0 Å². The van der Waals surface area contributed by atoms with Crippen molar-refractivity contribution in [1.29, 1.82) is 0 Å². The largest absolute Gasteiger partial charge is 0.338 e. The average Bonchev–Trinajstić information content (AvgIpc) is 3.22. The predicted molar refractivity (Wildman–Crippen MR) is 78.0 cm³/mol. The first kappa shape index (κ1) is 13.6. The minimum absolute atomic E-state index is 0.0193. The van der Waals surface area contributed by atoms with Crippen LogP contribution in [0.15, 0.2) is 30.3 Å². The number of halogens is 1. The highest BCUT2D eigenvalue weighted by Crippen LogP contribution is 2.31. The Morgan fingerprint density at radius 2 is 2.06 bits per heavy atom. The van der Waals surface area contributed by atoms with Gasteiger partial charge in [0.15, 0.2) is 0 Å². The summed E-state index contributed by atoms with van der Waals surface area (Å²) >= 11 is 3.45. The predicted octanol–water partition coefficient (Wildman–Crippen LogP) is 3.57. The molecule has 0 spiro atoms. The highest BCUT2D eigenvalue weighted by atomic mass is 79.9. The molecule has 1 atom stereocenters. The minimum atomic E-state index is 0.0193. The molecule has 1 aromatic carbocycles. The third kappa shape index (κ3) is 3.14. The second-order valence-electron chi connectivity index (χ2n) is 4.82. The van der Waals surface area contributed by atoms with E-state index in [1.807, 2.05) is 18.2 Å². The van der Waals surface area contributed by atoms with Gasteiger partial charge in [0.05, 0.1) is 5.92 Å². The zero-order valence-electron chi connectivity index (χ0n) is 10.8. The van der Waals surface area contributed by atoms with Gasteiger partial charge in [-0.1, -0.05) is 53.2 Å². The van der Waals surface area contributed by atoms with Gasteiger partial charge in [0.25, 0.3) is 0 Å². The van der Waals surface area contributed by atoms with Gasteiger partial charge in [-0.05, 0) is 24.8 Å². The Labute approximate surface area is 117 Å². The zero-order valence-corrected chi connectivity index (χ0v) is 12.4. The standard InChI is InChI=1S/C15H20BrNO/c1-2-14(12-6-4-3-5-7-12)15(18)17(11-10-16)13-8-9-13/h3-7,13-14H,2,8-11H2,1H3. The fourth-order valence-electron chi connectivity index (χ4n) is 2.39. The molecule has 1 aliphatic carbocycles. The van der Waals surface area contributed by atoms with Crippen LogP contribution >= 0.6 is 15.9 Å². The van der Waals surface area contributed by atoms with Crippen LogP contribution in [-0.4, -0.2) is 28.7 Å². The van der Waals surface area contributed by atoms with Gasteiger partial charge in [-0.3, -0.25) is 4.79 Å². The summed E-state index contributed by atoms with van der Waals surface area (Å²) in [6, 6.07) is 10.6. The van der Waals surface area contributed by atoms with Crippen LogP contribution in [0.5, 0.6) is 0 Å². The molecule has 2 rings (SSSR count). The first-order chi connectivity index (χ1) is 8.77. The molecule has 0 saturated heterocycles. The third-order valence-corrected chi connectivity index (χ3v) is 3.86. The second kappa shape index (κ2) is 6.37. The molecule has 0 bridgehead atoms. The van der Waals surface area contributed by atoms with Crippen molar-refractivity contribution in [1.82, 2.24) is 4.90 Å². The molecule has 0 heterocycles. The normalized spacial score (nSPS) is 16.3. The highest BCUT2D eigenvalue weighted by Gasteiger charge is 2.35. The summed E-state index contributed by atoms with van der Waals surface area (Å²) in [6.07, 6.45) is 3.21. The van der Waals surface area contributed by atoms with Gasteiger partial charge in [0.2, 0.25) is 5.91 Å². The van der Waals surface area contributed by atoms with Crippen LogP contribution in [0.25, 0.3) is 0 Å². The Bertz CT molecular complexity index is 389. The maximum absolute atomic E-state index is 12.7. The van der Waals surface area contributed by atoms with Crippen molar-refractivity contribution in [3.63, 3.8) is 0 Å². The van der Waals surface area contributed by atoms with E-state index in [0.717, 1.165) is 23.9 Å². The van der Waals surface area contributed by atoms with E-state index in [9.17, 15) is 4.79 Å². The van der Waals surface area contributed by atoms with Crippen LogP contribution in [0, 0.1) is 0 Å². The number of carbonyl (C=O) groups excluding carboxylic acids is 1. The van der Waals surface area contributed by atoms with Crippen molar-refractivity contribution in [2.45, 2.75) is 38.1 Å². The Morgan fingerprint density at radius 3 is 2.56 bits per heavy atom. The van der Waals surface area contributed by atoms with Crippen LogP contribution in [0.1, 0.15) is 37.7 Å². The van der Waals surface area contributed by atoms with Gasteiger partial charge in [0, 0.05) is 17.9 Å². The Balaban J connectivity index is 2.13. The first-order valence-corrected chi connectivity index (χ1v) is 7.81. The summed E-state index contributed by atoms with van der Waals surface area (Å²) in [5, 5.41) is 0.862. The van der Waals surface area contributed by atoms with Gasteiger partial charge in [-0.15, -0.1) is 0 Å². The van der Waals surface area contributed by atoms with E-state index in [1.165, 1.54) is 12.8 Å². The zero-order chi connectivity index (χ0) is 13.0. The lowest BCUT2D eigenvalue weighted by Crippen LogP contribution is -2.38. The number of benzene rings is 1. The van der Waals surface area contributed by atoms with Crippen LogP contribution in [0.4, 0.5) is 0 Å². The van der Waals surface area contributed by atoms with Crippen LogP contribution in [0.2, 0.25) is 0 Å². The summed E-state index contributed by atoms with van der Waals surface area (Å²) in [4.78, 5) is 14.7. The van der Waals surface area contributed by atoms with E-state index in [4.69, 9.17) is 0 Å². The van der Waals surface area contributed by atoms with Crippen molar-refractivity contribution < 1.29 is 4.79 Å². The average molecular weight is 310 g/mol. The van der Waals surface area contributed by atoms with Gasteiger partial charge in [-0.2, -0.15) is 0 Å². The Morgan fingerprint density at radius 1 is 1.39 bits per heavy atom. The third-order valence-electron chi connectivity index (χ3n) is 3.50. The molecule has 1 aromatic rings. The monoisotopic (exact) mass is 309 g/mol. The number of hydrogen-bond acceptors (Lipinski definition) is 1. The quantitative estimate of drug-likeness (QED) is 0.736. The molecular weight excluding hydrogens is 290 g/mol. The summed E-state index contributed by atoms with van der Waals surface area (Å²) < 4.78 is 0. The maximum atomic E-state index is 12.7. The summed E-state index contributed by atoms with van der Waals surface area (Å²) in [5.41, 5.74) is 1.14. The fourth-order valence-corrected chi connectivity index (χ4v) is 2.77. The molecule has 0 aromatic heterocycles. The maximum Gasteiger partial charge on any atom is 0.230 e. The molecule has 98 valence electrons. The van der Waals surface area contributed by atoms with Crippen molar-refractivity contribution in [2.75, 3.05) is 11.9 Å². The molecule has 18 heavy (non-hydrogen) atoms. The first-order valence-electron chi connectivity index (χ1n) is 6.69. The van der Waals surface area contributed by atoms with E-state index in [0.29, 0.717) is 11.9 Å².